The van der Waals surface area contributed by atoms with Gasteiger partial charge >= 0.3 is 0 Å². The summed E-state index contributed by atoms with van der Waals surface area (Å²) in [4.78, 5) is 23.9. The normalized spacial score (nSPS) is 14.0. The van der Waals surface area contributed by atoms with E-state index >= 15 is 0 Å². The van der Waals surface area contributed by atoms with E-state index in [0.717, 1.165) is 71.1 Å². The Kier molecular flexibility index (Phi) is 15.3. The van der Waals surface area contributed by atoms with Crippen LogP contribution in [0.15, 0.2) is 0 Å². The maximum absolute atomic E-state index is 12.5. The van der Waals surface area contributed by atoms with Gasteiger partial charge in [-0.3, -0.25) is 9.59 Å². The third kappa shape index (κ3) is 15.0. The molecule has 2 unspecified atom stereocenters. The first-order chi connectivity index (χ1) is 13.2. The summed E-state index contributed by atoms with van der Waals surface area (Å²) in [6.45, 7) is 14.3. The predicted molar refractivity (Wildman–Crippen MR) is 118 cm³/mol. The molecule has 2 atom stereocenters. The lowest BCUT2D eigenvalue weighted by Gasteiger charge is -2.19. The zero-order valence-electron chi connectivity index (χ0n) is 19.0. The largest absolute Gasteiger partial charge is 0.368 e. The Balaban J connectivity index is 3.98. The Hall–Kier alpha value is -0.980. The van der Waals surface area contributed by atoms with E-state index < -0.39 is 0 Å². The third-order valence-corrected chi connectivity index (χ3v) is 4.80. The number of likely N-dealkylation sites (N-methyl/N-ethyl adjacent to an activating group) is 2. The molecule has 6 heteroatoms. The number of unbranched alkanes of at least 4 members (excludes halogenated alkanes) is 3. The van der Waals surface area contributed by atoms with Crippen LogP contribution < -0.4 is 21.7 Å². The molecule has 0 saturated heterocycles. The predicted octanol–water partition coefficient (Wildman–Crippen LogP) is 2.75. The molecular weight excluding hydrogens is 352 g/mol. The highest BCUT2D eigenvalue weighted by atomic mass is 16.1. The van der Waals surface area contributed by atoms with Gasteiger partial charge in [0.1, 0.15) is 5.78 Å². The first kappa shape index (κ1) is 27.0. The summed E-state index contributed by atoms with van der Waals surface area (Å²) in [5.74, 6) is 0.0322. The first-order valence-electron chi connectivity index (χ1n) is 11.2. The van der Waals surface area contributed by atoms with Gasteiger partial charge in [0.25, 0.3) is 0 Å². The molecule has 0 aromatic rings. The lowest BCUT2D eigenvalue weighted by molar-refractivity contribution is -0.122. The summed E-state index contributed by atoms with van der Waals surface area (Å²) in [5.41, 5.74) is 5.70. The Morgan fingerprint density at radius 1 is 0.857 bits per heavy atom. The monoisotopic (exact) mass is 398 g/mol. The van der Waals surface area contributed by atoms with Gasteiger partial charge in [0.2, 0.25) is 5.91 Å². The van der Waals surface area contributed by atoms with E-state index in [4.69, 9.17) is 5.73 Å². The Morgan fingerprint density at radius 3 is 2.00 bits per heavy atom. The van der Waals surface area contributed by atoms with Crippen LogP contribution in [0.25, 0.3) is 0 Å². The van der Waals surface area contributed by atoms with E-state index in [9.17, 15) is 9.59 Å². The Bertz CT molecular complexity index is 421. The summed E-state index contributed by atoms with van der Waals surface area (Å²) in [7, 11) is 0. The number of nitrogens with two attached hydrogens (primary N) is 1. The van der Waals surface area contributed by atoms with Crippen molar-refractivity contribution in [2.24, 2.45) is 11.1 Å². The second-order valence-electron chi connectivity index (χ2n) is 8.92. The second kappa shape index (κ2) is 15.9. The standard InChI is InChI=1S/C22H46N4O2/c1-6-25-18(13-11-12-16-24-17-22(3,4)5)20(27)15-10-8-9-14-19(21(23)28)26-7-2/h18-19,24-26H,6-17H2,1-5H3,(H2,23,28). The zero-order valence-corrected chi connectivity index (χ0v) is 19.0. The smallest absolute Gasteiger partial charge is 0.234 e. The van der Waals surface area contributed by atoms with Gasteiger partial charge in [-0.05, 0) is 57.3 Å². The topological polar surface area (TPSA) is 96.2 Å². The molecule has 0 heterocycles. The van der Waals surface area contributed by atoms with Crippen LogP contribution in [0.5, 0.6) is 0 Å². The number of rotatable bonds is 18. The average molecular weight is 399 g/mol. The quantitative estimate of drug-likeness (QED) is 0.266. The van der Waals surface area contributed by atoms with Crippen molar-refractivity contribution in [3.8, 4) is 0 Å². The van der Waals surface area contributed by atoms with Crippen LogP contribution in [0.4, 0.5) is 0 Å². The van der Waals surface area contributed by atoms with Gasteiger partial charge in [0.05, 0.1) is 12.1 Å². The van der Waals surface area contributed by atoms with Crippen molar-refractivity contribution in [1.82, 2.24) is 16.0 Å². The minimum atomic E-state index is -0.290. The number of hydrogen-bond acceptors (Lipinski definition) is 5. The summed E-state index contributed by atoms with van der Waals surface area (Å²) >= 11 is 0. The highest BCUT2D eigenvalue weighted by Gasteiger charge is 2.17. The molecule has 166 valence electrons. The van der Waals surface area contributed by atoms with E-state index in [2.05, 4.69) is 43.6 Å². The summed E-state index contributed by atoms with van der Waals surface area (Å²) < 4.78 is 0. The van der Waals surface area contributed by atoms with Crippen LogP contribution in [0.2, 0.25) is 0 Å². The molecule has 1 amide bonds. The van der Waals surface area contributed by atoms with Crippen LogP contribution in [0, 0.1) is 5.41 Å². The van der Waals surface area contributed by atoms with Crippen LogP contribution in [0.3, 0.4) is 0 Å². The Labute approximate surface area is 173 Å². The highest BCUT2D eigenvalue weighted by Crippen LogP contribution is 2.12. The molecular formula is C22H46N4O2. The molecule has 5 N–H and O–H groups in total. The fourth-order valence-electron chi connectivity index (χ4n) is 3.28. The molecule has 0 aliphatic carbocycles. The molecule has 0 saturated carbocycles. The van der Waals surface area contributed by atoms with Gasteiger partial charge in [-0.15, -0.1) is 0 Å². The molecule has 0 aromatic heterocycles. The maximum Gasteiger partial charge on any atom is 0.234 e. The van der Waals surface area contributed by atoms with Gasteiger partial charge in [-0.1, -0.05) is 53.9 Å². The molecule has 0 aliphatic heterocycles. The average Bonchev–Trinajstić information content (AvgIpc) is 2.61. The molecule has 0 rings (SSSR count). The second-order valence-corrected chi connectivity index (χ2v) is 8.92. The summed E-state index contributed by atoms with van der Waals surface area (Å²) in [5, 5.41) is 9.94. The molecule has 0 fully saturated rings. The number of nitrogens with one attached hydrogen (secondary N) is 3. The molecule has 0 spiro atoms. The van der Waals surface area contributed by atoms with E-state index in [1.54, 1.807) is 0 Å². The van der Waals surface area contributed by atoms with Gasteiger partial charge in [0, 0.05) is 6.42 Å². The Morgan fingerprint density at radius 2 is 1.43 bits per heavy atom. The fraction of sp³-hybridized carbons (Fsp3) is 0.909. The van der Waals surface area contributed by atoms with Crippen molar-refractivity contribution in [1.29, 1.82) is 0 Å². The SMILES string of the molecule is CCNC(CCCCCC(=O)C(CCCCNCC(C)(C)C)NCC)C(N)=O. The number of hydrogen-bond donors (Lipinski definition) is 4. The molecule has 28 heavy (non-hydrogen) atoms. The number of carbonyl (C=O) groups excluding carboxylic acids is 2. The number of carbonyl (C=O) groups is 2. The zero-order chi connectivity index (χ0) is 21.4. The first-order valence-corrected chi connectivity index (χ1v) is 11.2. The molecule has 6 nitrogen and oxygen atoms in total. The van der Waals surface area contributed by atoms with E-state index in [1.165, 1.54) is 0 Å². The number of primary amides is 1. The van der Waals surface area contributed by atoms with Crippen molar-refractivity contribution in [3.05, 3.63) is 0 Å². The van der Waals surface area contributed by atoms with Crippen molar-refractivity contribution >= 4 is 11.7 Å². The molecule has 0 radical (unpaired) electrons. The lowest BCUT2D eigenvalue weighted by Crippen LogP contribution is -2.41. The third-order valence-electron chi connectivity index (χ3n) is 4.80. The van der Waals surface area contributed by atoms with Crippen LogP contribution >= 0.6 is 0 Å². The van der Waals surface area contributed by atoms with Crippen LogP contribution in [0.1, 0.15) is 86.0 Å². The maximum atomic E-state index is 12.5. The fourth-order valence-corrected chi connectivity index (χ4v) is 3.28. The number of ketones is 1. The number of Topliss-reactive ketones (excluding diaryl/α,β-unsaturated/α-hetero) is 1. The molecule has 0 bridgehead atoms. The number of amides is 1. The minimum Gasteiger partial charge on any atom is -0.368 e. The van der Waals surface area contributed by atoms with E-state index in [-0.39, 0.29) is 18.0 Å². The van der Waals surface area contributed by atoms with Crippen molar-refractivity contribution < 1.29 is 9.59 Å². The summed E-state index contributed by atoms with van der Waals surface area (Å²) in [6.07, 6.45) is 7.18. The minimum absolute atomic E-state index is 0.0206. The lowest BCUT2D eigenvalue weighted by atomic mass is 9.97. The van der Waals surface area contributed by atoms with Crippen LogP contribution in [-0.2, 0) is 9.59 Å². The van der Waals surface area contributed by atoms with Gasteiger partial charge in [-0.2, -0.15) is 0 Å². The summed E-state index contributed by atoms with van der Waals surface area (Å²) in [6, 6.07) is -0.269. The van der Waals surface area contributed by atoms with E-state index in [0.29, 0.717) is 17.6 Å². The van der Waals surface area contributed by atoms with Gasteiger partial charge in [0.15, 0.2) is 0 Å². The van der Waals surface area contributed by atoms with Gasteiger partial charge < -0.3 is 21.7 Å². The van der Waals surface area contributed by atoms with Crippen molar-refractivity contribution in [3.63, 3.8) is 0 Å². The van der Waals surface area contributed by atoms with E-state index in [1.807, 2.05) is 6.92 Å². The van der Waals surface area contributed by atoms with Crippen LogP contribution in [-0.4, -0.2) is 50.0 Å². The molecule has 0 aliphatic rings. The van der Waals surface area contributed by atoms with Gasteiger partial charge in [-0.25, -0.2) is 0 Å². The van der Waals surface area contributed by atoms with Crippen molar-refractivity contribution in [2.75, 3.05) is 26.2 Å². The highest BCUT2D eigenvalue weighted by molar-refractivity contribution is 5.83. The molecule has 0 aromatic carbocycles. The van der Waals surface area contributed by atoms with Crippen molar-refractivity contribution in [2.45, 2.75) is 98.1 Å².